The number of carbonyl (C=O) groups excluding carboxylic acids is 3. The van der Waals surface area contributed by atoms with E-state index in [-0.39, 0.29) is 22.2 Å². The summed E-state index contributed by atoms with van der Waals surface area (Å²) < 4.78 is 6.91. The summed E-state index contributed by atoms with van der Waals surface area (Å²) in [4.78, 5) is 46.1. The third kappa shape index (κ3) is 6.55. The van der Waals surface area contributed by atoms with E-state index in [0.717, 1.165) is 31.8 Å². The third-order valence-corrected chi connectivity index (χ3v) is 10.6. The summed E-state index contributed by atoms with van der Waals surface area (Å²) in [5.41, 5.74) is 7.56. The van der Waals surface area contributed by atoms with Crippen molar-refractivity contribution < 1.29 is 24.3 Å². The van der Waals surface area contributed by atoms with E-state index >= 15 is 0 Å². The zero-order chi connectivity index (χ0) is 32.2. The number of β-lactam (4-membered cyclic amide) rings is 1. The summed E-state index contributed by atoms with van der Waals surface area (Å²) in [6.07, 6.45) is 1.03. The first kappa shape index (κ1) is 31.5. The molecule has 6 rings (SSSR count). The normalized spacial score (nSPS) is 18.1. The van der Waals surface area contributed by atoms with Gasteiger partial charge in [-0.05, 0) is 35.1 Å². The number of ether oxygens (including phenoxy) is 1. The second-order valence-electron chi connectivity index (χ2n) is 9.87. The maximum atomic E-state index is 14.1. The molecule has 2 amide bonds. The van der Waals surface area contributed by atoms with Crippen molar-refractivity contribution in [1.82, 2.24) is 25.4 Å². The second kappa shape index (κ2) is 13.9. The van der Waals surface area contributed by atoms with Crippen LogP contribution in [0.2, 0.25) is 0 Å². The molecule has 0 aliphatic carbocycles. The molecule has 2 aliphatic heterocycles. The number of nitrogens with two attached hydrogens (primary N) is 1. The van der Waals surface area contributed by atoms with E-state index in [1.807, 2.05) is 67.6 Å². The lowest BCUT2D eigenvalue weighted by atomic mass is 10.0. The number of amides is 2. The standard InChI is InChI=1S/C30H25N7O5S4/c1-16-34-35-30(46-16)43-13-12-19-14-44-27-22(33-25(38)21(36-41)20-15-45-29(31)32-20)26(39)37(27)23(19)28(40)42-24(17-8-4-2-5-9-17)18-10-6-3-7-11-18/h2-13,15,22,24,27,41H,14H2,1H3,(H2,31,32)(H,33,38)/b13-12+,36-21+. The van der Waals surface area contributed by atoms with Crippen molar-refractivity contribution in [1.29, 1.82) is 0 Å². The molecule has 1 saturated heterocycles. The minimum absolute atomic E-state index is 0.0787. The summed E-state index contributed by atoms with van der Waals surface area (Å²) in [6.45, 7) is 1.86. The fraction of sp³-hybridized carbons (Fsp3) is 0.167. The fourth-order valence-corrected chi connectivity index (χ4v) is 8.27. The molecule has 12 nitrogen and oxygen atoms in total. The van der Waals surface area contributed by atoms with Gasteiger partial charge < -0.3 is 21.0 Å². The minimum atomic E-state index is -0.989. The van der Waals surface area contributed by atoms with Crippen LogP contribution in [0.25, 0.3) is 0 Å². The van der Waals surface area contributed by atoms with Crippen molar-refractivity contribution in [3.63, 3.8) is 0 Å². The number of nitrogen functional groups attached to an aromatic ring is 1. The topological polar surface area (TPSA) is 173 Å². The van der Waals surface area contributed by atoms with Crippen LogP contribution in [0.5, 0.6) is 0 Å². The Balaban J connectivity index is 1.29. The van der Waals surface area contributed by atoms with Crippen LogP contribution in [-0.4, -0.2) is 66.0 Å². The highest BCUT2D eigenvalue weighted by molar-refractivity contribution is 8.03. The van der Waals surface area contributed by atoms with Gasteiger partial charge in [0.05, 0.1) is 0 Å². The molecular formula is C30H25N7O5S4. The van der Waals surface area contributed by atoms with E-state index in [4.69, 9.17) is 10.5 Å². The average Bonchev–Trinajstić information content (AvgIpc) is 3.70. The molecule has 4 N–H and O–H groups in total. The van der Waals surface area contributed by atoms with Crippen molar-refractivity contribution in [2.45, 2.75) is 28.8 Å². The molecule has 234 valence electrons. The summed E-state index contributed by atoms with van der Waals surface area (Å²) in [5, 5.41) is 27.0. The van der Waals surface area contributed by atoms with Crippen LogP contribution >= 0.6 is 46.2 Å². The van der Waals surface area contributed by atoms with Crippen molar-refractivity contribution >= 4 is 74.8 Å². The molecule has 46 heavy (non-hydrogen) atoms. The minimum Gasteiger partial charge on any atom is -0.448 e. The first-order valence-corrected chi connectivity index (χ1v) is 17.3. The highest BCUT2D eigenvalue weighted by atomic mass is 32.2. The predicted octanol–water partition coefficient (Wildman–Crippen LogP) is 4.36. The Labute approximate surface area is 279 Å². The quantitative estimate of drug-likeness (QED) is 0.0539. The van der Waals surface area contributed by atoms with Gasteiger partial charge >= 0.3 is 5.97 Å². The number of carbonyl (C=O) groups is 3. The number of allylic oxidation sites excluding steroid dienone is 1. The van der Waals surface area contributed by atoms with Gasteiger partial charge in [-0.1, -0.05) is 88.9 Å². The number of hydrogen-bond acceptors (Lipinski definition) is 14. The zero-order valence-corrected chi connectivity index (χ0v) is 27.2. The average molecular weight is 692 g/mol. The smallest absolute Gasteiger partial charge is 0.356 e. The Morgan fingerprint density at radius 2 is 1.85 bits per heavy atom. The molecule has 0 saturated carbocycles. The van der Waals surface area contributed by atoms with Crippen LogP contribution in [0.1, 0.15) is 27.9 Å². The maximum Gasteiger partial charge on any atom is 0.356 e. The van der Waals surface area contributed by atoms with Crippen LogP contribution in [-0.2, 0) is 19.1 Å². The SMILES string of the molecule is Cc1nnc(S/C=C/C2=C(C(=O)OC(c3ccccc3)c3ccccc3)N3C(=O)C(NC(=O)/C(=N/O)c4csc(N)n4)C3SC2)s1. The summed E-state index contributed by atoms with van der Waals surface area (Å²) in [5.74, 6) is -1.65. The Morgan fingerprint density at radius 3 is 2.43 bits per heavy atom. The van der Waals surface area contributed by atoms with Crippen LogP contribution in [0.3, 0.4) is 0 Å². The van der Waals surface area contributed by atoms with E-state index in [1.165, 1.54) is 45.1 Å². The van der Waals surface area contributed by atoms with Gasteiger partial charge in [0.2, 0.25) is 0 Å². The highest BCUT2D eigenvalue weighted by Gasteiger charge is 2.54. The van der Waals surface area contributed by atoms with Crippen molar-refractivity contribution in [2.75, 3.05) is 11.5 Å². The Morgan fingerprint density at radius 1 is 1.15 bits per heavy atom. The van der Waals surface area contributed by atoms with Gasteiger partial charge in [-0.2, -0.15) is 0 Å². The summed E-state index contributed by atoms with van der Waals surface area (Å²) in [7, 11) is 0. The lowest BCUT2D eigenvalue weighted by Crippen LogP contribution is -2.71. The first-order valence-electron chi connectivity index (χ1n) is 13.7. The molecule has 1 fully saturated rings. The number of aryl methyl sites for hydroxylation is 1. The Kier molecular flexibility index (Phi) is 9.48. The summed E-state index contributed by atoms with van der Waals surface area (Å²) in [6, 6.07) is 17.7. The molecule has 2 aromatic carbocycles. The monoisotopic (exact) mass is 691 g/mol. The van der Waals surface area contributed by atoms with E-state index in [0.29, 0.717) is 11.3 Å². The van der Waals surface area contributed by atoms with Gasteiger partial charge in [0.25, 0.3) is 11.8 Å². The van der Waals surface area contributed by atoms with E-state index in [2.05, 4.69) is 25.7 Å². The number of rotatable bonds is 10. The number of fused-ring (bicyclic) bond motifs is 1. The summed E-state index contributed by atoms with van der Waals surface area (Å²) >= 11 is 5.25. The predicted molar refractivity (Wildman–Crippen MR) is 177 cm³/mol. The number of thioether (sulfide) groups is 2. The number of anilines is 1. The number of oxime groups is 1. The first-order chi connectivity index (χ1) is 22.3. The molecule has 2 aliphatic rings. The van der Waals surface area contributed by atoms with Crippen molar-refractivity contribution in [3.8, 4) is 0 Å². The third-order valence-electron chi connectivity index (χ3n) is 6.93. The number of nitrogens with one attached hydrogen (secondary N) is 1. The molecule has 2 atom stereocenters. The van der Waals surface area contributed by atoms with Gasteiger partial charge in [0.1, 0.15) is 27.8 Å². The molecule has 0 radical (unpaired) electrons. The van der Waals surface area contributed by atoms with Crippen LogP contribution < -0.4 is 11.1 Å². The molecular weight excluding hydrogens is 667 g/mol. The molecule has 2 unspecified atom stereocenters. The Hall–Kier alpha value is -4.51. The number of benzene rings is 2. The largest absolute Gasteiger partial charge is 0.448 e. The molecule has 0 bridgehead atoms. The van der Waals surface area contributed by atoms with Crippen LogP contribution in [0.15, 0.2) is 98.3 Å². The van der Waals surface area contributed by atoms with Crippen molar-refractivity contribution in [3.05, 3.63) is 111 Å². The lowest BCUT2D eigenvalue weighted by molar-refractivity contribution is -0.154. The molecule has 16 heteroatoms. The molecule has 4 aromatic rings. The molecule has 2 aromatic heterocycles. The van der Waals surface area contributed by atoms with Gasteiger partial charge in [0.15, 0.2) is 21.3 Å². The van der Waals surface area contributed by atoms with Crippen LogP contribution in [0.4, 0.5) is 5.13 Å². The second-order valence-corrected chi connectivity index (χ2v) is 14.2. The van der Waals surface area contributed by atoms with Gasteiger partial charge in [-0.15, -0.1) is 33.3 Å². The van der Waals surface area contributed by atoms with Crippen LogP contribution in [0, 0.1) is 6.92 Å². The fourth-order valence-electron chi connectivity index (χ4n) is 4.83. The van der Waals surface area contributed by atoms with E-state index in [9.17, 15) is 19.6 Å². The molecule has 4 heterocycles. The van der Waals surface area contributed by atoms with E-state index in [1.54, 1.807) is 11.5 Å². The van der Waals surface area contributed by atoms with E-state index < -0.39 is 35.3 Å². The number of hydrogen-bond donors (Lipinski definition) is 3. The number of thiazole rings is 1. The zero-order valence-electron chi connectivity index (χ0n) is 24.0. The number of nitrogens with zero attached hydrogens (tertiary/aromatic N) is 5. The number of aromatic nitrogens is 3. The van der Waals surface area contributed by atoms with Crippen molar-refractivity contribution in [2.24, 2.45) is 5.16 Å². The highest BCUT2D eigenvalue weighted by Crippen LogP contribution is 2.42. The maximum absolute atomic E-state index is 14.1. The Bertz CT molecular complexity index is 1820. The van der Waals surface area contributed by atoms with Gasteiger partial charge in [0, 0.05) is 11.1 Å². The molecule has 0 spiro atoms. The van der Waals surface area contributed by atoms with Gasteiger partial charge in [-0.3, -0.25) is 14.5 Å². The lowest BCUT2D eigenvalue weighted by Gasteiger charge is -2.49. The number of esters is 1. The van der Waals surface area contributed by atoms with Gasteiger partial charge in [-0.25, -0.2) is 9.78 Å².